The topological polar surface area (TPSA) is 79.3 Å². The zero-order valence-corrected chi connectivity index (χ0v) is 13.4. The van der Waals surface area contributed by atoms with E-state index in [0.717, 1.165) is 12.5 Å². The summed E-state index contributed by atoms with van der Waals surface area (Å²) >= 11 is 0. The van der Waals surface area contributed by atoms with Crippen molar-refractivity contribution in [3.8, 4) is 0 Å². The first-order valence-corrected chi connectivity index (χ1v) is 8.03. The fourth-order valence-corrected chi connectivity index (χ4v) is 3.66. The summed E-state index contributed by atoms with van der Waals surface area (Å²) in [6.07, 6.45) is 7.05. The van der Waals surface area contributed by atoms with Gasteiger partial charge < -0.3 is 9.80 Å². The Hall–Kier alpha value is -2.90. The van der Waals surface area contributed by atoms with Gasteiger partial charge in [-0.1, -0.05) is 0 Å². The van der Waals surface area contributed by atoms with Crippen molar-refractivity contribution in [3.63, 3.8) is 0 Å². The molecule has 2 aliphatic heterocycles. The Bertz CT molecular complexity index is 831. The normalized spacial score (nSPS) is 22.8. The Kier molecular flexibility index (Phi) is 3.67. The number of hydrogen-bond donors (Lipinski definition) is 0. The van der Waals surface area contributed by atoms with E-state index in [1.165, 1.54) is 18.6 Å². The Morgan fingerprint density at radius 3 is 2.80 bits per heavy atom. The van der Waals surface area contributed by atoms with Gasteiger partial charge in [0.15, 0.2) is 0 Å². The van der Waals surface area contributed by atoms with Gasteiger partial charge in [-0.3, -0.25) is 9.59 Å². The highest BCUT2D eigenvalue weighted by Gasteiger charge is 2.49. The summed E-state index contributed by atoms with van der Waals surface area (Å²) < 4.78 is 13.3. The van der Waals surface area contributed by atoms with Crippen LogP contribution in [0.1, 0.15) is 23.2 Å². The Morgan fingerprint density at radius 2 is 2.04 bits per heavy atom. The van der Waals surface area contributed by atoms with Gasteiger partial charge in [-0.05, 0) is 12.5 Å². The van der Waals surface area contributed by atoms with Crippen molar-refractivity contribution in [2.45, 2.75) is 12.8 Å². The van der Waals surface area contributed by atoms with E-state index in [4.69, 9.17) is 0 Å². The lowest BCUT2D eigenvalue weighted by molar-refractivity contribution is -0.117. The molecule has 0 aliphatic carbocycles. The Morgan fingerprint density at radius 1 is 1.24 bits per heavy atom. The molecule has 0 bridgehead atoms. The molecule has 4 heterocycles. The van der Waals surface area contributed by atoms with Crippen LogP contribution in [0.3, 0.4) is 0 Å². The van der Waals surface area contributed by atoms with E-state index >= 15 is 0 Å². The van der Waals surface area contributed by atoms with Gasteiger partial charge in [0.1, 0.15) is 6.33 Å². The van der Waals surface area contributed by atoms with Gasteiger partial charge in [0, 0.05) is 49.3 Å². The molecule has 0 unspecified atom stereocenters. The fraction of sp³-hybridized carbons (Fsp3) is 0.353. The molecule has 2 amide bonds. The molecule has 0 radical (unpaired) electrons. The molecule has 1 atom stereocenters. The second-order valence-corrected chi connectivity index (χ2v) is 6.60. The van der Waals surface area contributed by atoms with Crippen molar-refractivity contribution in [1.29, 1.82) is 0 Å². The van der Waals surface area contributed by atoms with Crippen LogP contribution in [0.2, 0.25) is 0 Å². The van der Waals surface area contributed by atoms with Crippen molar-refractivity contribution < 1.29 is 14.0 Å². The van der Waals surface area contributed by atoms with Crippen LogP contribution in [0.5, 0.6) is 0 Å². The number of halogens is 1. The molecule has 2 aromatic rings. The second-order valence-electron chi connectivity index (χ2n) is 6.60. The number of hydrogen-bond acceptors (Lipinski definition) is 5. The number of pyridine rings is 1. The van der Waals surface area contributed by atoms with E-state index in [2.05, 4.69) is 15.0 Å². The minimum Gasteiger partial charge on any atom is -0.338 e. The minimum absolute atomic E-state index is 0.0130. The number of carbonyl (C=O) groups is 2. The maximum absolute atomic E-state index is 13.3. The first-order chi connectivity index (χ1) is 12.1. The highest BCUT2D eigenvalue weighted by atomic mass is 19.1. The Labute approximate surface area is 143 Å². The SMILES string of the molecule is O=C(c1ccnc(F)c1)N1CC[C@]2(CC(=O)N(c3cncnc3)C2)C1. The van der Waals surface area contributed by atoms with Crippen molar-refractivity contribution >= 4 is 17.5 Å². The summed E-state index contributed by atoms with van der Waals surface area (Å²) in [6, 6.07) is 2.64. The van der Waals surface area contributed by atoms with Crippen molar-refractivity contribution in [3.05, 3.63) is 48.6 Å². The largest absolute Gasteiger partial charge is 0.338 e. The summed E-state index contributed by atoms with van der Waals surface area (Å²) in [5, 5.41) is 0. The number of aromatic nitrogens is 3. The third-order valence-corrected chi connectivity index (χ3v) is 4.88. The maximum Gasteiger partial charge on any atom is 0.254 e. The molecule has 0 N–H and O–H groups in total. The van der Waals surface area contributed by atoms with E-state index in [-0.39, 0.29) is 22.8 Å². The molecule has 2 saturated heterocycles. The average molecular weight is 341 g/mol. The van der Waals surface area contributed by atoms with E-state index in [1.54, 1.807) is 22.2 Å². The van der Waals surface area contributed by atoms with Crippen molar-refractivity contribution in [1.82, 2.24) is 19.9 Å². The monoisotopic (exact) mass is 341 g/mol. The molecule has 4 rings (SSSR count). The molecule has 2 aromatic heterocycles. The molecular weight excluding hydrogens is 325 g/mol. The predicted molar refractivity (Wildman–Crippen MR) is 86.2 cm³/mol. The second kappa shape index (κ2) is 5.87. The quantitative estimate of drug-likeness (QED) is 0.769. The first-order valence-electron chi connectivity index (χ1n) is 8.03. The molecular formula is C17H16FN5O2. The smallest absolute Gasteiger partial charge is 0.254 e. The summed E-state index contributed by atoms with van der Waals surface area (Å²) in [5.74, 6) is -0.891. The number of likely N-dealkylation sites (tertiary alicyclic amines) is 1. The van der Waals surface area contributed by atoms with Crippen LogP contribution in [-0.4, -0.2) is 51.3 Å². The van der Waals surface area contributed by atoms with E-state index in [1.807, 2.05) is 0 Å². The van der Waals surface area contributed by atoms with Crippen LogP contribution in [0.4, 0.5) is 10.1 Å². The number of rotatable bonds is 2. The van der Waals surface area contributed by atoms with Crippen LogP contribution < -0.4 is 4.90 Å². The maximum atomic E-state index is 13.3. The van der Waals surface area contributed by atoms with Crippen LogP contribution >= 0.6 is 0 Å². The Balaban J connectivity index is 1.50. The van der Waals surface area contributed by atoms with Crippen LogP contribution in [-0.2, 0) is 4.79 Å². The van der Waals surface area contributed by atoms with Gasteiger partial charge in [-0.15, -0.1) is 0 Å². The molecule has 2 fully saturated rings. The molecule has 25 heavy (non-hydrogen) atoms. The zero-order valence-electron chi connectivity index (χ0n) is 13.4. The predicted octanol–water partition coefficient (Wildman–Crippen LogP) is 1.28. The standard InChI is InChI=1S/C17H16FN5O2/c18-14-5-12(1-3-21-14)16(25)22-4-2-17(9-22)6-15(24)23(10-17)13-7-19-11-20-8-13/h1,3,5,7-8,11H,2,4,6,9-10H2/t17-/m0/s1. The lowest BCUT2D eigenvalue weighted by Gasteiger charge is -2.24. The molecule has 1 spiro atoms. The van der Waals surface area contributed by atoms with Crippen LogP contribution in [0.15, 0.2) is 37.1 Å². The minimum atomic E-state index is -0.675. The van der Waals surface area contributed by atoms with Gasteiger partial charge in [0.2, 0.25) is 11.9 Å². The summed E-state index contributed by atoms with van der Waals surface area (Å²) in [6.45, 7) is 1.56. The van der Waals surface area contributed by atoms with Crippen LogP contribution in [0, 0.1) is 11.4 Å². The number of amides is 2. The zero-order chi connectivity index (χ0) is 17.4. The summed E-state index contributed by atoms with van der Waals surface area (Å²) in [4.78, 5) is 39.8. The molecule has 0 saturated carbocycles. The van der Waals surface area contributed by atoms with Gasteiger partial charge in [-0.2, -0.15) is 4.39 Å². The lowest BCUT2D eigenvalue weighted by atomic mass is 9.86. The number of carbonyl (C=O) groups excluding carboxylic acids is 2. The van der Waals surface area contributed by atoms with E-state index in [9.17, 15) is 14.0 Å². The van der Waals surface area contributed by atoms with Gasteiger partial charge in [0.05, 0.1) is 18.1 Å². The van der Waals surface area contributed by atoms with Crippen molar-refractivity contribution in [2.75, 3.05) is 24.5 Å². The lowest BCUT2D eigenvalue weighted by Crippen LogP contribution is -2.34. The molecule has 8 heteroatoms. The van der Waals surface area contributed by atoms with Gasteiger partial charge in [0.25, 0.3) is 5.91 Å². The highest BCUT2D eigenvalue weighted by Crippen LogP contribution is 2.41. The van der Waals surface area contributed by atoms with E-state index in [0.29, 0.717) is 31.7 Å². The van der Waals surface area contributed by atoms with Crippen LogP contribution in [0.25, 0.3) is 0 Å². The average Bonchev–Trinajstić information content (AvgIpc) is 3.18. The van der Waals surface area contributed by atoms with Gasteiger partial charge >= 0.3 is 0 Å². The van der Waals surface area contributed by atoms with E-state index < -0.39 is 5.95 Å². The molecule has 7 nitrogen and oxygen atoms in total. The fourth-order valence-electron chi connectivity index (χ4n) is 3.66. The van der Waals surface area contributed by atoms with Crippen molar-refractivity contribution in [2.24, 2.45) is 5.41 Å². The first kappa shape index (κ1) is 15.6. The number of nitrogens with zero attached hydrogens (tertiary/aromatic N) is 5. The number of anilines is 1. The summed E-state index contributed by atoms with van der Waals surface area (Å²) in [5.41, 5.74) is 0.682. The highest BCUT2D eigenvalue weighted by molar-refractivity contribution is 5.97. The van der Waals surface area contributed by atoms with Gasteiger partial charge in [-0.25, -0.2) is 15.0 Å². The third kappa shape index (κ3) is 2.84. The molecule has 128 valence electrons. The third-order valence-electron chi connectivity index (χ3n) is 4.88. The molecule has 0 aromatic carbocycles. The molecule has 2 aliphatic rings. The summed E-state index contributed by atoms with van der Waals surface area (Å²) in [7, 11) is 0.